The van der Waals surface area contributed by atoms with Crippen LogP contribution in [0.5, 0.6) is 0 Å². The molecule has 2 aromatic rings. The van der Waals surface area contributed by atoms with Gasteiger partial charge in [0.05, 0.1) is 18.6 Å². The Labute approximate surface area is 123 Å². The van der Waals surface area contributed by atoms with Gasteiger partial charge in [0, 0.05) is 12.1 Å². The lowest BCUT2D eigenvalue weighted by Gasteiger charge is -2.17. The first kappa shape index (κ1) is 12.8. The quantitative estimate of drug-likeness (QED) is 0.906. The number of aromatic nitrogens is 2. The standard InChI is InChI=1S/C17H19N3O/c21-17-15-6-7-18-9-16(15)19-11-20(17)10-12-4-5-13-2-1-3-14(13)8-12/h4-5,8,11,18H,1-3,6-7,9-10H2. The number of benzene rings is 1. The topological polar surface area (TPSA) is 46.9 Å². The van der Waals surface area contributed by atoms with Gasteiger partial charge in [-0.25, -0.2) is 4.98 Å². The Morgan fingerprint density at radius 3 is 3.05 bits per heavy atom. The van der Waals surface area contributed by atoms with Gasteiger partial charge in [-0.1, -0.05) is 18.2 Å². The molecule has 2 heterocycles. The van der Waals surface area contributed by atoms with E-state index in [9.17, 15) is 4.79 Å². The summed E-state index contributed by atoms with van der Waals surface area (Å²) in [6.45, 7) is 2.21. The monoisotopic (exact) mass is 281 g/mol. The highest BCUT2D eigenvalue weighted by molar-refractivity contribution is 5.35. The van der Waals surface area contributed by atoms with Crippen molar-refractivity contribution in [2.45, 2.75) is 38.8 Å². The fourth-order valence-corrected chi connectivity index (χ4v) is 3.42. The van der Waals surface area contributed by atoms with Crippen molar-refractivity contribution in [3.63, 3.8) is 0 Å². The van der Waals surface area contributed by atoms with E-state index in [-0.39, 0.29) is 5.56 Å². The Morgan fingerprint density at radius 2 is 2.10 bits per heavy atom. The zero-order valence-corrected chi connectivity index (χ0v) is 12.1. The first-order valence-corrected chi connectivity index (χ1v) is 7.70. The van der Waals surface area contributed by atoms with Crippen LogP contribution >= 0.6 is 0 Å². The van der Waals surface area contributed by atoms with Gasteiger partial charge in [-0.2, -0.15) is 0 Å². The molecule has 0 radical (unpaired) electrons. The summed E-state index contributed by atoms with van der Waals surface area (Å²) in [5, 5.41) is 3.25. The van der Waals surface area contributed by atoms with Gasteiger partial charge in [0.15, 0.2) is 0 Å². The van der Waals surface area contributed by atoms with Gasteiger partial charge in [-0.15, -0.1) is 0 Å². The van der Waals surface area contributed by atoms with E-state index in [4.69, 9.17) is 0 Å². The smallest absolute Gasteiger partial charge is 0.257 e. The number of hydrogen-bond acceptors (Lipinski definition) is 3. The molecule has 1 N–H and O–H groups in total. The van der Waals surface area contributed by atoms with Gasteiger partial charge in [-0.05, 0) is 48.9 Å². The molecule has 0 atom stereocenters. The molecule has 0 saturated heterocycles. The average molecular weight is 281 g/mol. The van der Waals surface area contributed by atoms with Gasteiger partial charge in [0.2, 0.25) is 0 Å². The number of rotatable bonds is 2. The zero-order valence-electron chi connectivity index (χ0n) is 12.1. The molecule has 0 unspecified atom stereocenters. The van der Waals surface area contributed by atoms with Gasteiger partial charge in [0.1, 0.15) is 0 Å². The molecular formula is C17H19N3O. The number of aryl methyl sites for hydroxylation is 2. The molecule has 4 rings (SSSR count). The normalized spacial score (nSPS) is 16.6. The van der Waals surface area contributed by atoms with E-state index in [2.05, 4.69) is 28.5 Å². The maximum Gasteiger partial charge on any atom is 0.257 e. The molecular weight excluding hydrogens is 262 g/mol. The van der Waals surface area contributed by atoms with E-state index < -0.39 is 0 Å². The number of hydrogen-bond donors (Lipinski definition) is 1. The Morgan fingerprint density at radius 1 is 1.19 bits per heavy atom. The second kappa shape index (κ2) is 5.11. The lowest BCUT2D eigenvalue weighted by atomic mass is 10.1. The summed E-state index contributed by atoms with van der Waals surface area (Å²) in [7, 11) is 0. The summed E-state index contributed by atoms with van der Waals surface area (Å²) in [5.74, 6) is 0. The average Bonchev–Trinajstić information content (AvgIpc) is 2.98. The van der Waals surface area contributed by atoms with E-state index in [0.29, 0.717) is 13.1 Å². The molecule has 21 heavy (non-hydrogen) atoms. The highest BCUT2D eigenvalue weighted by Crippen LogP contribution is 2.23. The predicted octanol–water partition coefficient (Wildman–Crippen LogP) is 1.43. The van der Waals surface area contributed by atoms with Gasteiger partial charge < -0.3 is 5.32 Å². The van der Waals surface area contributed by atoms with Crippen molar-refractivity contribution in [2.75, 3.05) is 6.54 Å². The summed E-state index contributed by atoms with van der Waals surface area (Å²) in [4.78, 5) is 17.0. The van der Waals surface area contributed by atoms with E-state index in [1.54, 1.807) is 10.9 Å². The Kier molecular flexibility index (Phi) is 3.11. The lowest BCUT2D eigenvalue weighted by Crippen LogP contribution is -2.34. The van der Waals surface area contributed by atoms with Crippen LogP contribution in [-0.2, 0) is 32.4 Å². The van der Waals surface area contributed by atoms with Crippen molar-refractivity contribution in [1.29, 1.82) is 0 Å². The second-order valence-electron chi connectivity index (χ2n) is 5.99. The van der Waals surface area contributed by atoms with Crippen LogP contribution in [0.25, 0.3) is 0 Å². The van der Waals surface area contributed by atoms with E-state index in [1.807, 2.05) is 0 Å². The molecule has 2 aliphatic rings. The van der Waals surface area contributed by atoms with Crippen molar-refractivity contribution < 1.29 is 0 Å². The van der Waals surface area contributed by atoms with Gasteiger partial charge in [0.25, 0.3) is 5.56 Å². The molecule has 0 fully saturated rings. The summed E-state index contributed by atoms with van der Waals surface area (Å²) in [6.07, 6.45) is 6.11. The molecule has 0 saturated carbocycles. The zero-order chi connectivity index (χ0) is 14.2. The van der Waals surface area contributed by atoms with Crippen LogP contribution < -0.4 is 10.9 Å². The van der Waals surface area contributed by atoms with Crippen LogP contribution in [0.3, 0.4) is 0 Å². The first-order valence-electron chi connectivity index (χ1n) is 7.70. The van der Waals surface area contributed by atoms with Crippen molar-refractivity contribution in [3.8, 4) is 0 Å². The summed E-state index contributed by atoms with van der Waals surface area (Å²) < 4.78 is 1.75. The van der Waals surface area contributed by atoms with Crippen molar-refractivity contribution >= 4 is 0 Å². The SMILES string of the molecule is O=c1c2c(ncn1Cc1ccc3c(c1)CCC3)CNCC2. The van der Waals surface area contributed by atoms with Crippen molar-refractivity contribution in [2.24, 2.45) is 0 Å². The molecule has 1 aliphatic carbocycles. The highest BCUT2D eigenvalue weighted by atomic mass is 16.1. The van der Waals surface area contributed by atoms with Crippen molar-refractivity contribution in [3.05, 3.63) is 62.8 Å². The molecule has 0 spiro atoms. The minimum absolute atomic E-state index is 0.127. The molecule has 0 bridgehead atoms. The van der Waals surface area contributed by atoms with Crippen LogP contribution in [-0.4, -0.2) is 16.1 Å². The van der Waals surface area contributed by atoms with Crippen LogP contribution in [0.15, 0.2) is 29.3 Å². The minimum atomic E-state index is 0.127. The molecule has 4 heteroatoms. The largest absolute Gasteiger partial charge is 0.311 e. The molecule has 1 aromatic carbocycles. The molecule has 4 nitrogen and oxygen atoms in total. The number of nitrogens with zero attached hydrogens (tertiary/aromatic N) is 2. The van der Waals surface area contributed by atoms with E-state index in [1.165, 1.54) is 36.0 Å². The summed E-state index contributed by atoms with van der Waals surface area (Å²) in [5.41, 5.74) is 6.06. The molecule has 0 amide bonds. The fraction of sp³-hybridized carbons (Fsp3) is 0.412. The Balaban J connectivity index is 1.67. The minimum Gasteiger partial charge on any atom is -0.311 e. The summed E-state index contributed by atoms with van der Waals surface area (Å²) >= 11 is 0. The Hall–Kier alpha value is -1.94. The predicted molar refractivity (Wildman–Crippen MR) is 81.5 cm³/mol. The fourth-order valence-electron chi connectivity index (χ4n) is 3.42. The second-order valence-corrected chi connectivity index (χ2v) is 5.99. The van der Waals surface area contributed by atoms with Gasteiger partial charge >= 0.3 is 0 Å². The lowest BCUT2D eigenvalue weighted by molar-refractivity contribution is 0.596. The highest BCUT2D eigenvalue weighted by Gasteiger charge is 2.16. The van der Waals surface area contributed by atoms with Gasteiger partial charge in [-0.3, -0.25) is 9.36 Å². The van der Waals surface area contributed by atoms with Crippen molar-refractivity contribution in [1.82, 2.24) is 14.9 Å². The van der Waals surface area contributed by atoms with Crippen LogP contribution in [0.1, 0.15) is 34.4 Å². The first-order chi connectivity index (χ1) is 10.3. The third-order valence-electron chi connectivity index (χ3n) is 4.58. The van der Waals surface area contributed by atoms with E-state index in [0.717, 1.165) is 24.2 Å². The third kappa shape index (κ3) is 2.29. The maximum absolute atomic E-state index is 12.5. The number of nitrogens with one attached hydrogen (secondary N) is 1. The van der Waals surface area contributed by atoms with Crippen LogP contribution in [0.2, 0.25) is 0 Å². The third-order valence-corrected chi connectivity index (χ3v) is 4.58. The Bertz CT molecular complexity index is 748. The molecule has 1 aromatic heterocycles. The van der Waals surface area contributed by atoms with Crippen LogP contribution in [0.4, 0.5) is 0 Å². The summed E-state index contributed by atoms with van der Waals surface area (Å²) in [6, 6.07) is 6.63. The number of fused-ring (bicyclic) bond motifs is 2. The molecule has 108 valence electrons. The maximum atomic E-state index is 12.5. The van der Waals surface area contributed by atoms with Crippen LogP contribution in [0, 0.1) is 0 Å². The molecule has 1 aliphatic heterocycles. The van der Waals surface area contributed by atoms with E-state index >= 15 is 0 Å².